The first-order valence-corrected chi connectivity index (χ1v) is 9.27. The third-order valence-electron chi connectivity index (χ3n) is 4.72. The van der Waals surface area contributed by atoms with E-state index >= 15 is 0 Å². The molecular weight excluding hydrogens is 334 g/mol. The fourth-order valence-electron chi connectivity index (χ4n) is 3.30. The van der Waals surface area contributed by atoms with E-state index in [4.69, 9.17) is 0 Å². The highest BCUT2D eigenvalue weighted by Crippen LogP contribution is 2.34. The van der Waals surface area contributed by atoms with Gasteiger partial charge in [-0.15, -0.1) is 5.10 Å². The second-order valence-corrected chi connectivity index (χ2v) is 6.99. The van der Waals surface area contributed by atoms with Crippen LogP contribution in [-0.4, -0.2) is 25.3 Å². The first kappa shape index (κ1) is 16.0. The SMILES string of the molecule is Cn1nc(C2CCCC2)cc1NC(=O)c1ccc(-c2csnn2)cc1. The lowest BCUT2D eigenvalue weighted by Crippen LogP contribution is -2.14. The van der Waals surface area contributed by atoms with Gasteiger partial charge in [0.25, 0.3) is 5.91 Å². The van der Waals surface area contributed by atoms with Crippen LogP contribution in [0.3, 0.4) is 0 Å². The zero-order valence-electron chi connectivity index (χ0n) is 14.0. The molecule has 1 fully saturated rings. The molecule has 0 atom stereocenters. The summed E-state index contributed by atoms with van der Waals surface area (Å²) in [7, 11) is 1.87. The Kier molecular flexibility index (Phi) is 4.31. The molecule has 3 aromatic rings. The number of hydrogen-bond acceptors (Lipinski definition) is 5. The maximum absolute atomic E-state index is 12.5. The molecule has 1 N–H and O–H groups in total. The number of carbonyl (C=O) groups excluding carboxylic acids is 1. The minimum atomic E-state index is -0.135. The lowest BCUT2D eigenvalue weighted by molar-refractivity contribution is 0.102. The Morgan fingerprint density at radius 1 is 1.24 bits per heavy atom. The Morgan fingerprint density at radius 3 is 2.68 bits per heavy atom. The summed E-state index contributed by atoms with van der Waals surface area (Å²) in [5.74, 6) is 1.13. The van der Waals surface area contributed by atoms with Crippen molar-refractivity contribution in [1.29, 1.82) is 0 Å². The van der Waals surface area contributed by atoms with Crippen molar-refractivity contribution in [3.05, 3.63) is 47.0 Å². The van der Waals surface area contributed by atoms with Crippen LogP contribution in [0.5, 0.6) is 0 Å². The smallest absolute Gasteiger partial charge is 0.256 e. The predicted molar refractivity (Wildman–Crippen MR) is 97.7 cm³/mol. The first-order chi connectivity index (χ1) is 12.2. The second-order valence-electron chi connectivity index (χ2n) is 6.38. The van der Waals surface area contributed by atoms with Crippen LogP contribution in [0.2, 0.25) is 0 Å². The van der Waals surface area contributed by atoms with Gasteiger partial charge in [-0.2, -0.15) is 5.10 Å². The second kappa shape index (κ2) is 6.76. The number of aromatic nitrogens is 4. The lowest BCUT2D eigenvalue weighted by Gasteiger charge is -2.05. The van der Waals surface area contributed by atoms with Crippen LogP contribution in [-0.2, 0) is 7.05 Å². The molecular formula is C18H19N5OS. The Hall–Kier alpha value is -2.54. The van der Waals surface area contributed by atoms with E-state index in [2.05, 4.69) is 20.0 Å². The zero-order valence-corrected chi connectivity index (χ0v) is 14.8. The van der Waals surface area contributed by atoms with Crippen LogP contribution in [0.4, 0.5) is 5.82 Å². The van der Waals surface area contributed by atoms with E-state index in [0.29, 0.717) is 11.5 Å². The van der Waals surface area contributed by atoms with Gasteiger partial charge in [0, 0.05) is 35.5 Å². The van der Waals surface area contributed by atoms with Gasteiger partial charge in [0.2, 0.25) is 0 Å². The van der Waals surface area contributed by atoms with Gasteiger partial charge in [-0.1, -0.05) is 29.5 Å². The summed E-state index contributed by atoms with van der Waals surface area (Å²) in [5.41, 5.74) is 3.47. The number of rotatable bonds is 4. The summed E-state index contributed by atoms with van der Waals surface area (Å²) in [6.07, 6.45) is 4.92. The highest BCUT2D eigenvalue weighted by molar-refractivity contribution is 7.03. The maximum Gasteiger partial charge on any atom is 0.256 e. The molecule has 0 radical (unpaired) electrons. The molecule has 1 saturated carbocycles. The van der Waals surface area contributed by atoms with Gasteiger partial charge >= 0.3 is 0 Å². The first-order valence-electron chi connectivity index (χ1n) is 8.43. The molecule has 1 aliphatic carbocycles. The highest BCUT2D eigenvalue weighted by Gasteiger charge is 2.21. The molecule has 2 heterocycles. The minimum Gasteiger partial charge on any atom is -0.307 e. The van der Waals surface area contributed by atoms with E-state index in [1.807, 2.05) is 30.6 Å². The van der Waals surface area contributed by atoms with Gasteiger partial charge in [-0.25, -0.2) is 0 Å². The van der Waals surface area contributed by atoms with Crippen LogP contribution >= 0.6 is 11.5 Å². The van der Waals surface area contributed by atoms with E-state index in [-0.39, 0.29) is 5.91 Å². The minimum absolute atomic E-state index is 0.135. The third-order valence-corrected chi connectivity index (χ3v) is 5.22. The number of carbonyl (C=O) groups is 1. The van der Waals surface area contributed by atoms with Gasteiger partial charge in [-0.3, -0.25) is 9.48 Å². The molecule has 25 heavy (non-hydrogen) atoms. The van der Waals surface area contributed by atoms with E-state index < -0.39 is 0 Å². The van der Waals surface area contributed by atoms with Gasteiger partial charge in [-0.05, 0) is 36.5 Å². The number of aryl methyl sites for hydroxylation is 1. The molecule has 7 heteroatoms. The molecule has 4 rings (SSSR count). The average Bonchev–Trinajstić information content (AvgIpc) is 3.38. The Bertz CT molecular complexity index is 864. The number of nitrogens with one attached hydrogen (secondary N) is 1. The van der Waals surface area contributed by atoms with Crippen LogP contribution in [0.15, 0.2) is 35.7 Å². The molecule has 0 aliphatic heterocycles. The monoisotopic (exact) mass is 353 g/mol. The number of benzene rings is 1. The van der Waals surface area contributed by atoms with Crippen molar-refractivity contribution in [1.82, 2.24) is 19.4 Å². The summed E-state index contributed by atoms with van der Waals surface area (Å²) in [5, 5.41) is 13.5. The molecule has 0 spiro atoms. The van der Waals surface area contributed by atoms with Crippen LogP contribution in [0.1, 0.15) is 47.7 Å². The van der Waals surface area contributed by atoms with Gasteiger partial charge in [0.1, 0.15) is 11.5 Å². The third kappa shape index (κ3) is 3.32. The zero-order chi connectivity index (χ0) is 17.2. The average molecular weight is 353 g/mol. The maximum atomic E-state index is 12.5. The molecule has 1 aromatic carbocycles. The number of anilines is 1. The predicted octanol–water partition coefficient (Wildman–Crippen LogP) is 3.85. The van der Waals surface area contributed by atoms with Crippen LogP contribution in [0.25, 0.3) is 11.3 Å². The van der Waals surface area contributed by atoms with Crippen LogP contribution < -0.4 is 5.32 Å². The molecule has 2 aromatic heterocycles. The molecule has 0 saturated heterocycles. The Balaban J connectivity index is 1.48. The summed E-state index contributed by atoms with van der Waals surface area (Å²) >= 11 is 1.31. The van der Waals surface area contributed by atoms with Crippen molar-refractivity contribution >= 4 is 23.3 Å². The van der Waals surface area contributed by atoms with E-state index in [1.54, 1.807) is 16.8 Å². The van der Waals surface area contributed by atoms with Crippen molar-refractivity contribution < 1.29 is 4.79 Å². The summed E-state index contributed by atoms with van der Waals surface area (Å²) < 4.78 is 5.61. The lowest BCUT2D eigenvalue weighted by atomic mass is 10.0. The quantitative estimate of drug-likeness (QED) is 0.773. The normalized spacial score (nSPS) is 14.8. The fourth-order valence-corrected chi connectivity index (χ4v) is 3.76. The molecule has 128 valence electrons. The van der Waals surface area contributed by atoms with Gasteiger partial charge in [0.05, 0.1) is 5.69 Å². The van der Waals surface area contributed by atoms with Gasteiger partial charge < -0.3 is 5.32 Å². The van der Waals surface area contributed by atoms with Crippen molar-refractivity contribution in [3.63, 3.8) is 0 Å². The van der Waals surface area contributed by atoms with E-state index in [1.165, 1.54) is 37.2 Å². The summed E-state index contributed by atoms with van der Waals surface area (Å²) in [6, 6.07) is 9.39. The molecule has 1 amide bonds. The van der Waals surface area contributed by atoms with Gasteiger partial charge in [0.15, 0.2) is 0 Å². The standard InChI is InChI=1S/C18H19N5OS/c1-23-17(10-15(21-23)12-4-2-3-5-12)19-18(24)14-8-6-13(7-9-14)16-11-25-22-20-16/h6-12H,2-5H2,1H3,(H,19,24). The molecule has 0 bridgehead atoms. The summed E-state index contributed by atoms with van der Waals surface area (Å²) in [6.45, 7) is 0. The Labute approximate surface area is 150 Å². The Morgan fingerprint density at radius 2 is 2.00 bits per heavy atom. The van der Waals surface area contributed by atoms with Crippen LogP contribution in [0, 0.1) is 0 Å². The van der Waals surface area contributed by atoms with E-state index in [0.717, 1.165) is 22.8 Å². The van der Waals surface area contributed by atoms with Crippen molar-refractivity contribution in [3.8, 4) is 11.3 Å². The number of amides is 1. The van der Waals surface area contributed by atoms with Crippen molar-refractivity contribution in [2.24, 2.45) is 7.05 Å². The molecule has 1 aliphatic rings. The van der Waals surface area contributed by atoms with Crippen molar-refractivity contribution in [2.45, 2.75) is 31.6 Å². The number of hydrogen-bond donors (Lipinski definition) is 1. The van der Waals surface area contributed by atoms with Crippen molar-refractivity contribution in [2.75, 3.05) is 5.32 Å². The highest BCUT2D eigenvalue weighted by atomic mass is 32.1. The molecule has 0 unspecified atom stereocenters. The summed E-state index contributed by atoms with van der Waals surface area (Å²) in [4.78, 5) is 12.5. The molecule has 6 nitrogen and oxygen atoms in total. The fraction of sp³-hybridized carbons (Fsp3) is 0.333. The largest absolute Gasteiger partial charge is 0.307 e. The number of nitrogens with zero attached hydrogens (tertiary/aromatic N) is 4. The topological polar surface area (TPSA) is 72.7 Å². The van der Waals surface area contributed by atoms with E-state index in [9.17, 15) is 4.79 Å².